The van der Waals surface area contributed by atoms with Crippen LogP contribution in [0.3, 0.4) is 0 Å². The van der Waals surface area contributed by atoms with Crippen molar-refractivity contribution < 1.29 is 0 Å². The fraction of sp³-hybridized carbons (Fsp3) is 0.643. The van der Waals surface area contributed by atoms with Crippen molar-refractivity contribution in [1.29, 1.82) is 0 Å². The van der Waals surface area contributed by atoms with Crippen molar-refractivity contribution in [2.45, 2.75) is 39.3 Å². The van der Waals surface area contributed by atoms with Crippen molar-refractivity contribution >= 4 is 5.69 Å². The maximum atomic E-state index is 4.24. The molecule has 0 spiro atoms. The van der Waals surface area contributed by atoms with Crippen LogP contribution in [0, 0.1) is 12.8 Å². The van der Waals surface area contributed by atoms with Gasteiger partial charge in [-0.15, -0.1) is 0 Å². The number of aryl methyl sites for hydroxylation is 1. The van der Waals surface area contributed by atoms with Crippen LogP contribution in [-0.2, 0) is 0 Å². The number of hydrogen-bond donors (Lipinski definition) is 1. The lowest BCUT2D eigenvalue weighted by molar-refractivity contribution is 0.145. The number of anilines is 1. The SMILES string of the molecule is Cc1cncc(NC2CC(C)N(C)CC2C)c1. The van der Waals surface area contributed by atoms with E-state index in [1.807, 2.05) is 12.4 Å². The zero-order valence-corrected chi connectivity index (χ0v) is 11.3. The molecule has 1 aliphatic rings. The first kappa shape index (κ1) is 12.4. The quantitative estimate of drug-likeness (QED) is 0.851. The lowest BCUT2D eigenvalue weighted by Crippen LogP contribution is -2.48. The van der Waals surface area contributed by atoms with Crippen LogP contribution in [0.2, 0.25) is 0 Å². The molecule has 0 aliphatic carbocycles. The van der Waals surface area contributed by atoms with Gasteiger partial charge in [0.15, 0.2) is 0 Å². The summed E-state index contributed by atoms with van der Waals surface area (Å²) in [6.45, 7) is 7.87. The van der Waals surface area contributed by atoms with Gasteiger partial charge in [-0.3, -0.25) is 4.98 Å². The summed E-state index contributed by atoms with van der Waals surface area (Å²) in [6.07, 6.45) is 5.01. The first-order valence-electron chi connectivity index (χ1n) is 6.44. The fourth-order valence-corrected chi connectivity index (χ4v) is 2.59. The van der Waals surface area contributed by atoms with Gasteiger partial charge >= 0.3 is 0 Å². The summed E-state index contributed by atoms with van der Waals surface area (Å²) in [7, 11) is 2.21. The van der Waals surface area contributed by atoms with E-state index >= 15 is 0 Å². The summed E-state index contributed by atoms with van der Waals surface area (Å²) in [5.74, 6) is 0.678. The third-order valence-electron chi connectivity index (χ3n) is 3.84. The number of rotatable bonds is 2. The Balaban J connectivity index is 2.03. The Labute approximate surface area is 104 Å². The van der Waals surface area contributed by atoms with Gasteiger partial charge in [0, 0.05) is 31.0 Å². The molecule has 1 fully saturated rings. The van der Waals surface area contributed by atoms with Crippen LogP contribution in [0.4, 0.5) is 5.69 Å². The van der Waals surface area contributed by atoms with E-state index in [0.29, 0.717) is 18.0 Å². The Morgan fingerprint density at radius 3 is 2.82 bits per heavy atom. The number of piperidine rings is 1. The Kier molecular flexibility index (Phi) is 3.67. The van der Waals surface area contributed by atoms with Crippen LogP contribution in [-0.4, -0.2) is 35.6 Å². The average molecular weight is 233 g/mol. The van der Waals surface area contributed by atoms with Gasteiger partial charge in [0.05, 0.1) is 5.69 Å². The van der Waals surface area contributed by atoms with Crippen LogP contribution in [0.15, 0.2) is 18.5 Å². The highest BCUT2D eigenvalue weighted by molar-refractivity contribution is 5.43. The van der Waals surface area contributed by atoms with Crippen molar-refractivity contribution in [2.24, 2.45) is 5.92 Å². The highest BCUT2D eigenvalue weighted by Gasteiger charge is 2.28. The third-order valence-corrected chi connectivity index (χ3v) is 3.84. The smallest absolute Gasteiger partial charge is 0.0531 e. The van der Waals surface area contributed by atoms with Gasteiger partial charge in [-0.05, 0) is 44.9 Å². The van der Waals surface area contributed by atoms with Crippen molar-refractivity contribution in [1.82, 2.24) is 9.88 Å². The first-order chi connectivity index (χ1) is 8.06. The van der Waals surface area contributed by atoms with E-state index in [1.54, 1.807) is 0 Å². The summed E-state index contributed by atoms with van der Waals surface area (Å²) in [5, 5.41) is 3.63. The minimum Gasteiger partial charge on any atom is -0.381 e. The molecule has 17 heavy (non-hydrogen) atoms. The normalized spacial score (nSPS) is 30.2. The molecule has 1 aliphatic heterocycles. The molecule has 3 nitrogen and oxygen atoms in total. The number of likely N-dealkylation sites (tertiary alicyclic amines) is 1. The van der Waals surface area contributed by atoms with E-state index in [1.165, 1.54) is 12.0 Å². The van der Waals surface area contributed by atoms with Gasteiger partial charge in [-0.2, -0.15) is 0 Å². The molecule has 2 rings (SSSR count). The molecular formula is C14H23N3. The monoisotopic (exact) mass is 233 g/mol. The highest BCUT2D eigenvalue weighted by atomic mass is 15.2. The zero-order chi connectivity index (χ0) is 12.4. The second kappa shape index (κ2) is 5.05. The number of hydrogen-bond acceptors (Lipinski definition) is 3. The van der Waals surface area contributed by atoms with E-state index in [2.05, 4.69) is 49.1 Å². The maximum Gasteiger partial charge on any atom is 0.0531 e. The molecule has 3 heteroatoms. The summed E-state index contributed by atoms with van der Waals surface area (Å²) in [4.78, 5) is 6.68. The molecule has 0 saturated carbocycles. The van der Waals surface area contributed by atoms with E-state index in [9.17, 15) is 0 Å². The molecule has 2 heterocycles. The van der Waals surface area contributed by atoms with E-state index in [4.69, 9.17) is 0 Å². The minimum atomic E-state index is 0.560. The molecular weight excluding hydrogens is 210 g/mol. The van der Waals surface area contributed by atoms with Gasteiger partial charge in [-0.25, -0.2) is 0 Å². The van der Waals surface area contributed by atoms with Gasteiger partial charge in [-0.1, -0.05) is 6.92 Å². The lowest BCUT2D eigenvalue weighted by Gasteiger charge is -2.40. The van der Waals surface area contributed by atoms with Crippen LogP contribution >= 0.6 is 0 Å². The molecule has 1 saturated heterocycles. The Morgan fingerprint density at radius 2 is 2.12 bits per heavy atom. The predicted molar refractivity (Wildman–Crippen MR) is 72.3 cm³/mol. The van der Waals surface area contributed by atoms with Crippen LogP contribution in [0.25, 0.3) is 0 Å². The Bertz CT molecular complexity index is 377. The molecule has 1 N–H and O–H groups in total. The number of nitrogens with one attached hydrogen (secondary N) is 1. The summed E-state index contributed by atoms with van der Waals surface area (Å²) < 4.78 is 0. The van der Waals surface area contributed by atoms with Crippen LogP contribution in [0.1, 0.15) is 25.8 Å². The number of pyridine rings is 1. The summed E-state index contributed by atoms with van der Waals surface area (Å²) in [6, 6.07) is 3.38. The van der Waals surface area contributed by atoms with Crippen LogP contribution < -0.4 is 5.32 Å². The summed E-state index contributed by atoms with van der Waals surface area (Å²) in [5.41, 5.74) is 2.36. The van der Waals surface area contributed by atoms with E-state index in [-0.39, 0.29) is 0 Å². The standard InChI is InChI=1S/C14H23N3/c1-10-5-13(8-15-7-10)16-14-6-12(3)17(4)9-11(14)2/h5,7-8,11-12,14,16H,6,9H2,1-4H3. The Hall–Kier alpha value is -1.09. The van der Waals surface area contributed by atoms with Crippen LogP contribution in [0.5, 0.6) is 0 Å². The van der Waals surface area contributed by atoms with Gasteiger partial charge < -0.3 is 10.2 Å². The molecule has 0 aromatic carbocycles. The largest absolute Gasteiger partial charge is 0.381 e. The summed E-state index contributed by atoms with van der Waals surface area (Å²) >= 11 is 0. The molecule has 0 amide bonds. The van der Waals surface area contributed by atoms with Gasteiger partial charge in [0.2, 0.25) is 0 Å². The van der Waals surface area contributed by atoms with Gasteiger partial charge in [0.25, 0.3) is 0 Å². The van der Waals surface area contributed by atoms with E-state index in [0.717, 1.165) is 12.2 Å². The van der Waals surface area contributed by atoms with Crippen molar-refractivity contribution in [3.8, 4) is 0 Å². The van der Waals surface area contributed by atoms with Crippen molar-refractivity contribution in [3.63, 3.8) is 0 Å². The molecule has 1 aromatic rings. The fourth-order valence-electron chi connectivity index (χ4n) is 2.59. The Morgan fingerprint density at radius 1 is 1.35 bits per heavy atom. The molecule has 1 aromatic heterocycles. The number of nitrogens with zero attached hydrogens (tertiary/aromatic N) is 2. The van der Waals surface area contributed by atoms with E-state index < -0.39 is 0 Å². The average Bonchev–Trinajstić information content (AvgIpc) is 2.26. The van der Waals surface area contributed by atoms with Gasteiger partial charge in [0.1, 0.15) is 0 Å². The molecule has 0 bridgehead atoms. The zero-order valence-electron chi connectivity index (χ0n) is 11.3. The highest BCUT2D eigenvalue weighted by Crippen LogP contribution is 2.24. The molecule has 94 valence electrons. The first-order valence-corrected chi connectivity index (χ1v) is 6.44. The predicted octanol–water partition coefficient (Wildman–Crippen LogP) is 2.53. The molecule has 3 unspecified atom stereocenters. The topological polar surface area (TPSA) is 28.2 Å². The second-order valence-corrected chi connectivity index (χ2v) is 5.50. The molecule has 3 atom stereocenters. The second-order valence-electron chi connectivity index (χ2n) is 5.50. The van der Waals surface area contributed by atoms with Crippen molar-refractivity contribution in [2.75, 3.05) is 18.9 Å². The van der Waals surface area contributed by atoms with Crippen molar-refractivity contribution in [3.05, 3.63) is 24.0 Å². The number of aromatic nitrogens is 1. The maximum absolute atomic E-state index is 4.24. The molecule has 0 radical (unpaired) electrons. The lowest BCUT2D eigenvalue weighted by atomic mass is 9.89. The third kappa shape index (κ3) is 2.97. The minimum absolute atomic E-state index is 0.560.